The molecule has 0 unspecified atom stereocenters. The van der Waals surface area contributed by atoms with Crippen LogP contribution in [0.4, 0.5) is 0 Å². The fourth-order valence-corrected chi connectivity index (χ4v) is 4.60. The number of benzene rings is 1. The van der Waals surface area contributed by atoms with Gasteiger partial charge in [-0.1, -0.05) is 34.1 Å². The van der Waals surface area contributed by atoms with Crippen molar-refractivity contribution < 1.29 is 0 Å². The number of nitrogens with zero attached hydrogens (tertiary/aromatic N) is 3. The summed E-state index contributed by atoms with van der Waals surface area (Å²) >= 11 is 5.08. The van der Waals surface area contributed by atoms with Crippen molar-refractivity contribution in [3.05, 3.63) is 62.1 Å². The maximum Gasteiger partial charge on any atom is 0.134 e. The summed E-state index contributed by atoms with van der Waals surface area (Å²) in [6, 6.07) is 13.2. The van der Waals surface area contributed by atoms with Gasteiger partial charge in [-0.3, -0.25) is 0 Å². The van der Waals surface area contributed by atoms with E-state index in [1.165, 1.54) is 35.6 Å². The molecule has 130 valence electrons. The number of halogens is 1. The van der Waals surface area contributed by atoms with Crippen molar-refractivity contribution >= 4 is 38.9 Å². The highest BCUT2D eigenvalue weighted by Crippen LogP contribution is 2.39. The molecule has 26 heavy (non-hydrogen) atoms. The van der Waals surface area contributed by atoms with E-state index < -0.39 is 0 Å². The predicted molar refractivity (Wildman–Crippen MR) is 111 cm³/mol. The van der Waals surface area contributed by atoms with Crippen molar-refractivity contribution in [2.24, 2.45) is 0 Å². The lowest BCUT2D eigenvalue weighted by atomic mass is 10.1. The Bertz CT molecular complexity index is 1050. The van der Waals surface area contributed by atoms with Crippen LogP contribution in [-0.4, -0.2) is 9.55 Å². The molecule has 0 amide bonds. The lowest BCUT2D eigenvalue weighted by Crippen LogP contribution is -1.98. The van der Waals surface area contributed by atoms with Crippen LogP contribution in [0.3, 0.4) is 0 Å². The SMILES string of the molecule is Cc1cc(/C=C(\C#N)c2nc(-c3ccccc3Br)cs2)c(C)n1C1CC1. The second kappa shape index (κ2) is 6.86. The average molecular weight is 424 g/mol. The van der Waals surface area contributed by atoms with Crippen LogP contribution in [-0.2, 0) is 0 Å². The molecule has 1 aliphatic rings. The zero-order valence-corrected chi connectivity index (χ0v) is 17.1. The van der Waals surface area contributed by atoms with E-state index in [1.807, 2.05) is 35.7 Å². The zero-order valence-electron chi connectivity index (χ0n) is 14.7. The number of aryl methyl sites for hydroxylation is 1. The number of nitriles is 1. The molecule has 3 nitrogen and oxygen atoms in total. The molecule has 0 aliphatic heterocycles. The summed E-state index contributed by atoms with van der Waals surface area (Å²) in [5, 5.41) is 12.5. The number of aromatic nitrogens is 2. The number of hydrogen-bond acceptors (Lipinski definition) is 3. The molecular weight excluding hydrogens is 406 g/mol. The van der Waals surface area contributed by atoms with Crippen LogP contribution in [0, 0.1) is 25.2 Å². The zero-order chi connectivity index (χ0) is 18.3. The first-order valence-corrected chi connectivity index (χ1v) is 10.3. The van der Waals surface area contributed by atoms with E-state index in [0.29, 0.717) is 11.6 Å². The number of hydrogen-bond donors (Lipinski definition) is 0. The quantitative estimate of drug-likeness (QED) is 0.456. The lowest BCUT2D eigenvalue weighted by molar-refractivity contribution is 0.699. The smallest absolute Gasteiger partial charge is 0.134 e. The highest BCUT2D eigenvalue weighted by atomic mass is 79.9. The van der Waals surface area contributed by atoms with Crippen LogP contribution in [0.1, 0.15) is 40.8 Å². The monoisotopic (exact) mass is 423 g/mol. The first kappa shape index (κ1) is 17.3. The van der Waals surface area contributed by atoms with Crippen molar-refractivity contribution in [2.75, 3.05) is 0 Å². The summed E-state index contributed by atoms with van der Waals surface area (Å²) in [6.07, 6.45) is 4.49. The number of rotatable bonds is 4. The third kappa shape index (κ3) is 3.15. The Balaban J connectivity index is 1.71. The van der Waals surface area contributed by atoms with Gasteiger partial charge in [0, 0.05) is 32.8 Å². The summed E-state index contributed by atoms with van der Waals surface area (Å²) in [5.74, 6) is 0. The summed E-state index contributed by atoms with van der Waals surface area (Å²) in [4.78, 5) is 4.71. The number of thiazole rings is 1. The Morgan fingerprint density at radius 2 is 2.12 bits per heavy atom. The van der Waals surface area contributed by atoms with Crippen molar-refractivity contribution in [1.82, 2.24) is 9.55 Å². The molecule has 5 heteroatoms. The van der Waals surface area contributed by atoms with Crippen molar-refractivity contribution in [2.45, 2.75) is 32.7 Å². The Morgan fingerprint density at radius 1 is 1.35 bits per heavy atom. The van der Waals surface area contributed by atoms with Crippen molar-refractivity contribution in [1.29, 1.82) is 5.26 Å². The molecule has 0 saturated heterocycles. The predicted octanol–water partition coefficient (Wildman–Crippen LogP) is 6.39. The van der Waals surface area contributed by atoms with E-state index >= 15 is 0 Å². The molecule has 0 radical (unpaired) electrons. The van der Waals surface area contributed by atoms with Crippen molar-refractivity contribution in [3.8, 4) is 17.3 Å². The third-order valence-electron chi connectivity index (χ3n) is 4.74. The van der Waals surface area contributed by atoms with Crippen LogP contribution in [0.5, 0.6) is 0 Å². The minimum absolute atomic E-state index is 0.615. The molecule has 0 N–H and O–H groups in total. The minimum Gasteiger partial charge on any atom is -0.346 e. The van der Waals surface area contributed by atoms with Gasteiger partial charge in [0.1, 0.15) is 11.1 Å². The van der Waals surface area contributed by atoms with Crippen LogP contribution in [0.25, 0.3) is 22.9 Å². The Morgan fingerprint density at radius 3 is 2.81 bits per heavy atom. The summed E-state index contributed by atoms with van der Waals surface area (Å²) in [6.45, 7) is 4.28. The van der Waals surface area contributed by atoms with E-state index in [0.717, 1.165) is 26.3 Å². The van der Waals surface area contributed by atoms with Crippen LogP contribution < -0.4 is 0 Å². The van der Waals surface area contributed by atoms with Gasteiger partial charge in [0.15, 0.2) is 0 Å². The molecule has 0 spiro atoms. The molecule has 1 fully saturated rings. The molecule has 2 heterocycles. The number of allylic oxidation sites excluding steroid dienone is 1. The maximum atomic E-state index is 9.70. The van der Waals surface area contributed by atoms with Crippen LogP contribution in [0.15, 0.2) is 40.2 Å². The van der Waals surface area contributed by atoms with Gasteiger partial charge in [-0.2, -0.15) is 5.26 Å². The van der Waals surface area contributed by atoms with Gasteiger partial charge in [0.25, 0.3) is 0 Å². The van der Waals surface area contributed by atoms with Gasteiger partial charge in [0.2, 0.25) is 0 Å². The lowest BCUT2D eigenvalue weighted by Gasteiger charge is -2.06. The molecule has 4 rings (SSSR count). The van der Waals surface area contributed by atoms with Crippen molar-refractivity contribution in [3.63, 3.8) is 0 Å². The molecule has 1 aromatic carbocycles. The van der Waals surface area contributed by atoms with Gasteiger partial charge in [-0.05, 0) is 50.5 Å². The van der Waals surface area contributed by atoms with Gasteiger partial charge in [-0.15, -0.1) is 11.3 Å². The highest BCUT2D eigenvalue weighted by Gasteiger charge is 2.26. The summed E-state index contributed by atoms with van der Waals surface area (Å²) in [5.41, 5.74) is 6.16. The largest absolute Gasteiger partial charge is 0.346 e. The van der Waals surface area contributed by atoms with Gasteiger partial charge < -0.3 is 4.57 Å². The standard InChI is InChI=1S/C21H18BrN3S/c1-13-9-15(14(2)25(13)17-7-8-17)10-16(11-23)21-24-20(12-26-21)18-5-3-4-6-19(18)22/h3-6,9-10,12,17H,7-8H2,1-2H3/b16-10+. The Kier molecular flexibility index (Phi) is 4.56. The summed E-state index contributed by atoms with van der Waals surface area (Å²) < 4.78 is 3.40. The van der Waals surface area contributed by atoms with E-state index in [-0.39, 0.29) is 0 Å². The van der Waals surface area contributed by atoms with E-state index in [1.54, 1.807) is 0 Å². The van der Waals surface area contributed by atoms with Gasteiger partial charge in [-0.25, -0.2) is 4.98 Å². The second-order valence-electron chi connectivity index (χ2n) is 6.62. The average Bonchev–Trinajstić information content (AvgIpc) is 3.26. The first-order valence-electron chi connectivity index (χ1n) is 8.59. The van der Waals surface area contributed by atoms with Gasteiger partial charge >= 0.3 is 0 Å². The van der Waals surface area contributed by atoms with Crippen LogP contribution >= 0.6 is 27.3 Å². The summed E-state index contributed by atoms with van der Waals surface area (Å²) in [7, 11) is 0. The molecule has 1 aliphatic carbocycles. The normalized spacial score (nSPS) is 14.5. The third-order valence-corrected chi connectivity index (χ3v) is 6.31. The molecule has 2 aromatic heterocycles. The van der Waals surface area contributed by atoms with Gasteiger partial charge in [0.05, 0.1) is 11.3 Å². The van der Waals surface area contributed by atoms with E-state index in [4.69, 9.17) is 4.98 Å². The molecule has 3 aromatic rings. The molecule has 1 saturated carbocycles. The molecule has 0 bridgehead atoms. The fourth-order valence-electron chi connectivity index (χ4n) is 3.33. The Labute approximate surface area is 165 Å². The fraction of sp³-hybridized carbons (Fsp3) is 0.238. The highest BCUT2D eigenvalue weighted by molar-refractivity contribution is 9.10. The molecular formula is C21H18BrN3S. The van der Waals surface area contributed by atoms with E-state index in [2.05, 4.69) is 46.5 Å². The van der Waals surface area contributed by atoms with E-state index in [9.17, 15) is 5.26 Å². The topological polar surface area (TPSA) is 41.6 Å². The maximum absolute atomic E-state index is 9.70. The Hall–Kier alpha value is -2.16. The first-order chi connectivity index (χ1) is 12.6. The minimum atomic E-state index is 0.615. The van der Waals surface area contributed by atoms with Crippen LogP contribution in [0.2, 0.25) is 0 Å². The second-order valence-corrected chi connectivity index (χ2v) is 8.33. The molecule has 0 atom stereocenters.